The lowest BCUT2D eigenvalue weighted by Crippen LogP contribution is -2.15. The molecule has 0 aromatic carbocycles. The van der Waals surface area contributed by atoms with Crippen LogP contribution in [0, 0.1) is 0 Å². The van der Waals surface area contributed by atoms with Crippen molar-refractivity contribution in [1.29, 1.82) is 0 Å². The van der Waals surface area contributed by atoms with Crippen molar-refractivity contribution in [3.05, 3.63) is 22.0 Å². The predicted octanol–water partition coefficient (Wildman–Crippen LogP) is 0.793. The Morgan fingerprint density at radius 3 is 3.08 bits per heavy atom. The van der Waals surface area contributed by atoms with E-state index in [4.69, 9.17) is 11.6 Å². The molecule has 0 aliphatic carbocycles. The summed E-state index contributed by atoms with van der Waals surface area (Å²) in [6.45, 7) is 2.43. The van der Waals surface area contributed by atoms with E-state index in [-0.39, 0.29) is 10.8 Å². The highest BCUT2D eigenvalue weighted by molar-refractivity contribution is 6.33. The van der Waals surface area contributed by atoms with E-state index >= 15 is 0 Å². The third-order valence-corrected chi connectivity index (χ3v) is 2.12. The van der Waals surface area contributed by atoms with Crippen molar-refractivity contribution in [3.8, 4) is 0 Å². The molecule has 0 unspecified atom stereocenters. The normalized spacial score (nSPS) is 10.9. The Hall–Kier alpha value is -1.36. The van der Waals surface area contributed by atoms with E-state index in [0.29, 0.717) is 17.7 Å². The van der Waals surface area contributed by atoms with E-state index in [2.05, 4.69) is 15.0 Å². The first kappa shape index (κ1) is 8.25. The second-order valence-electron chi connectivity index (χ2n) is 2.54. The highest BCUT2D eigenvalue weighted by Crippen LogP contribution is 2.14. The Labute approximate surface area is 78.4 Å². The van der Waals surface area contributed by atoms with Gasteiger partial charge in [-0.1, -0.05) is 11.6 Å². The molecule has 0 amide bonds. The van der Waals surface area contributed by atoms with Crippen molar-refractivity contribution >= 4 is 22.8 Å². The number of imidazole rings is 1. The number of hydrogen-bond donors (Lipinski definition) is 1. The van der Waals surface area contributed by atoms with Crippen LogP contribution < -0.4 is 5.69 Å². The molecule has 0 aliphatic rings. The fourth-order valence-corrected chi connectivity index (χ4v) is 1.41. The van der Waals surface area contributed by atoms with Gasteiger partial charge in [0.05, 0.1) is 0 Å². The van der Waals surface area contributed by atoms with Crippen LogP contribution in [0.2, 0.25) is 5.15 Å². The van der Waals surface area contributed by atoms with Crippen LogP contribution in [0.5, 0.6) is 0 Å². The number of fused-ring (bicyclic) bond motifs is 1. The van der Waals surface area contributed by atoms with Gasteiger partial charge in [0, 0.05) is 6.54 Å². The Kier molecular flexibility index (Phi) is 1.81. The van der Waals surface area contributed by atoms with E-state index in [1.54, 1.807) is 0 Å². The number of nitrogens with zero attached hydrogens (tertiary/aromatic N) is 3. The van der Waals surface area contributed by atoms with Crippen molar-refractivity contribution in [2.24, 2.45) is 0 Å². The molecule has 0 saturated carbocycles. The van der Waals surface area contributed by atoms with Gasteiger partial charge in [-0.05, 0) is 6.92 Å². The van der Waals surface area contributed by atoms with Crippen molar-refractivity contribution < 1.29 is 0 Å². The first-order valence-corrected chi connectivity index (χ1v) is 4.21. The maximum atomic E-state index is 11.3. The fraction of sp³-hybridized carbons (Fsp3) is 0.286. The van der Waals surface area contributed by atoms with Crippen molar-refractivity contribution in [2.45, 2.75) is 13.5 Å². The topological polar surface area (TPSA) is 63.6 Å². The fourth-order valence-electron chi connectivity index (χ4n) is 1.23. The van der Waals surface area contributed by atoms with Gasteiger partial charge < -0.3 is 4.98 Å². The van der Waals surface area contributed by atoms with Crippen LogP contribution in [-0.4, -0.2) is 19.5 Å². The lowest BCUT2D eigenvalue weighted by molar-refractivity contribution is 0.745. The predicted molar refractivity (Wildman–Crippen MR) is 48.8 cm³/mol. The molecule has 0 spiro atoms. The quantitative estimate of drug-likeness (QED) is 0.690. The zero-order chi connectivity index (χ0) is 9.42. The number of H-pyrrole nitrogens is 1. The summed E-state index contributed by atoms with van der Waals surface area (Å²) in [5.41, 5.74) is 0.836. The van der Waals surface area contributed by atoms with Gasteiger partial charge in [0.25, 0.3) is 0 Å². The molecule has 2 aromatic rings. The lowest BCUT2D eigenvalue weighted by atomic mass is 10.5. The van der Waals surface area contributed by atoms with E-state index in [9.17, 15) is 4.79 Å². The lowest BCUT2D eigenvalue weighted by Gasteiger charge is -1.95. The molecule has 0 bridgehead atoms. The second-order valence-corrected chi connectivity index (χ2v) is 2.90. The summed E-state index contributed by atoms with van der Waals surface area (Å²) in [5.74, 6) is 0. The molecule has 0 saturated heterocycles. The van der Waals surface area contributed by atoms with Crippen LogP contribution in [-0.2, 0) is 6.54 Å². The minimum Gasteiger partial charge on any atom is -0.302 e. The SMILES string of the molecule is CCn1c(=O)[nH]c2c(Cl)ncnc21. The van der Waals surface area contributed by atoms with E-state index < -0.39 is 0 Å². The molecule has 0 fully saturated rings. The van der Waals surface area contributed by atoms with Gasteiger partial charge in [0.15, 0.2) is 10.8 Å². The average Bonchev–Trinajstić information content (AvgIpc) is 2.43. The van der Waals surface area contributed by atoms with E-state index in [1.165, 1.54) is 10.9 Å². The molecule has 0 aliphatic heterocycles. The summed E-state index contributed by atoms with van der Waals surface area (Å²) in [6.07, 6.45) is 1.34. The number of halogens is 1. The van der Waals surface area contributed by atoms with Crippen LogP contribution in [0.3, 0.4) is 0 Å². The minimum atomic E-state index is -0.208. The summed E-state index contributed by atoms with van der Waals surface area (Å²) >= 11 is 5.76. The van der Waals surface area contributed by atoms with Crippen LogP contribution in [0.1, 0.15) is 6.92 Å². The summed E-state index contributed by atoms with van der Waals surface area (Å²) in [5, 5.41) is 0.273. The Balaban J connectivity index is 2.94. The second kappa shape index (κ2) is 2.85. The monoisotopic (exact) mass is 198 g/mol. The number of aromatic amines is 1. The summed E-state index contributed by atoms with van der Waals surface area (Å²) in [4.78, 5) is 21.6. The standard InChI is InChI=1S/C7H7ClN4O/c1-2-12-6-4(11-7(12)13)5(8)9-3-10-6/h3H,2H2,1H3,(H,11,13). The molecule has 13 heavy (non-hydrogen) atoms. The van der Waals surface area contributed by atoms with Crippen molar-refractivity contribution in [1.82, 2.24) is 19.5 Å². The summed E-state index contributed by atoms with van der Waals surface area (Å²) in [7, 11) is 0. The molecule has 68 valence electrons. The average molecular weight is 199 g/mol. The summed E-state index contributed by atoms with van der Waals surface area (Å²) in [6, 6.07) is 0. The largest absolute Gasteiger partial charge is 0.327 e. The van der Waals surface area contributed by atoms with Gasteiger partial charge in [-0.3, -0.25) is 4.57 Å². The van der Waals surface area contributed by atoms with Crippen LogP contribution in [0.4, 0.5) is 0 Å². The third-order valence-electron chi connectivity index (χ3n) is 1.83. The molecule has 1 N–H and O–H groups in total. The first-order valence-electron chi connectivity index (χ1n) is 3.83. The van der Waals surface area contributed by atoms with Gasteiger partial charge in [-0.25, -0.2) is 14.8 Å². The molecule has 2 rings (SSSR count). The highest BCUT2D eigenvalue weighted by atomic mass is 35.5. The van der Waals surface area contributed by atoms with Crippen molar-refractivity contribution in [3.63, 3.8) is 0 Å². The molecule has 6 heteroatoms. The van der Waals surface area contributed by atoms with Gasteiger partial charge in [-0.15, -0.1) is 0 Å². The van der Waals surface area contributed by atoms with Gasteiger partial charge >= 0.3 is 5.69 Å². The maximum absolute atomic E-state index is 11.3. The van der Waals surface area contributed by atoms with Crippen molar-refractivity contribution in [2.75, 3.05) is 0 Å². The van der Waals surface area contributed by atoms with Crippen LogP contribution >= 0.6 is 11.6 Å². The molecule has 0 radical (unpaired) electrons. The number of aryl methyl sites for hydroxylation is 1. The zero-order valence-corrected chi connectivity index (χ0v) is 7.67. The zero-order valence-electron chi connectivity index (χ0n) is 6.91. The molecule has 2 heterocycles. The molecular formula is C7H7ClN4O. The summed E-state index contributed by atoms with van der Waals surface area (Å²) < 4.78 is 1.50. The number of aromatic nitrogens is 4. The maximum Gasteiger partial charge on any atom is 0.327 e. The number of rotatable bonds is 1. The van der Waals surface area contributed by atoms with Gasteiger partial charge in [0.1, 0.15) is 11.8 Å². The van der Waals surface area contributed by atoms with E-state index in [1.807, 2.05) is 6.92 Å². The van der Waals surface area contributed by atoms with Crippen LogP contribution in [0.25, 0.3) is 11.2 Å². The highest BCUT2D eigenvalue weighted by Gasteiger charge is 2.08. The Morgan fingerprint density at radius 1 is 1.62 bits per heavy atom. The molecule has 2 aromatic heterocycles. The van der Waals surface area contributed by atoms with E-state index in [0.717, 1.165) is 0 Å². The third kappa shape index (κ3) is 1.12. The number of nitrogens with one attached hydrogen (secondary N) is 1. The molecular weight excluding hydrogens is 192 g/mol. The Bertz CT molecular complexity index is 501. The smallest absolute Gasteiger partial charge is 0.302 e. The first-order chi connectivity index (χ1) is 6.24. The molecule has 0 atom stereocenters. The van der Waals surface area contributed by atoms with Gasteiger partial charge in [0.2, 0.25) is 0 Å². The Morgan fingerprint density at radius 2 is 2.38 bits per heavy atom. The number of hydrogen-bond acceptors (Lipinski definition) is 3. The molecule has 5 nitrogen and oxygen atoms in total. The van der Waals surface area contributed by atoms with Crippen LogP contribution in [0.15, 0.2) is 11.1 Å². The minimum absolute atomic E-state index is 0.208. The van der Waals surface area contributed by atoms with Gasteiger partial charge in [-0.2, -0.15) is 0 Å².